The molecule has 1 aromatic heterocycles. The van der Waals surface area contributed by atoms with E-state index in [1.165, 1.54) is 6.20 Å². The van der Waals surface area contributed by atoms with Crippen LogP contribution in [0, 0.1) is 0 Å². The van der Waals surface area contributed by atoms with Crippen molar-refractivity contribution >= 4 is 5.97 Å². The zero-order chi connectivity index (χ0) is 25.2. The van der Waals surface area contributed by atoms with Crippen molar-refractivity contribution in [2.75, 3.05) is 52.7 Å². The maximum atomic E-state index is 12.6. The summed E-state index contributed by atoms with van der Waals surface area (Å²) in [5.74, 6) is 0.812. The Morgan fingerprint density at radius 3 is 2.53 bits per heavy atom. The number of carbonyl (C=O) groups excluding carboxylic acids is 1. The third-order valence-electron chi connectivity index (χ3n) is 6.04. The molecule has 0 unspecified atom stereocenters. The molecule has 0 N–H and O–H groups in total. The molecule has 2 aromatic carbocycles. The quantitative estimate of drug-likeness (QED) is 0.270. The molecule has 1 aliphatic rings. The van der Waals surface area contributed by atoms with Gasteiger partial charge in [-0.1, -0.05) is 43.7 Å². The lowest BCUT2D eigenvalue weighted by Gasteiger charge is -2.26. The molecule has 3 aromatic rings. The van der Waals surface area contributed by atoms with Crippen LogP contribution in [-0.4, -0.2) is 73.3 Å². The minimum atomic E-state index is -0.445. The Morgan fingerprint density at radius 1 is 1.00 bits per heavy atom. The molecule has 8 nitrogen and oxygen atoms in total. The number of ether oxygens (including phenoxy) is 4. The molecule has 0 amide bonds. The van der Waals surface area contributed by atoms with Gasteiger partial charge in [-0.2, -0.15) is 5.10 Å². The Bertz CT molecular complexity index is 1110. The molecule has 4 rings (SSSR count). The lowest BCUT2D eigenvalue weighted by atomic mass is 10.0. The molecule has 0 spiro atoms. The average Bonchev–Trinajstić information content (AvgIpc) is 3.34. The van der Waals surface area contributed by atoms with Gasteiger partial charge in [0.15, 0.2) is 0 Å². The van der Waals surface area contributed by atoms with Crippen LogP contribution in [0.25, 0.3) is 16.8 Å². The van der Waals surface area contributed by atoms with Crippen LogP contribution in [0.5, 0.6) is 11.6 Å². The van der Waals surface area contributed by atoms with E-state index in [2.05, 4.69) is 23.0 Å². The van der Waals surface area contributed by atoms with Gasteiger partial charge >= 0.3 is 5.97 Å². The molecule has 0 bridgehead atoms. The first kappa shape index (κ1) is 25.7. The number of nitrogens with zero attached hydrogens (tertiary/aromatic N) is 3. The van der Waals surface area contributed by atoms with E-state index in [0.29, 0.717) is 24.7 Å². The molecule has 1 aliphatic heterocycles. The summed E-state index contributed by atoms with van der Waals surface area (Å²) in [6, 6.07) is 16.0. The van der Waals surface area contributed by atoms with E-state index < -0.39 is 5.97 Å². The van der Waals surface area contributed by atoms with Gasteiger partial charge in [0.2, 0.25) is 5.88 Å². The second-order valence-corrected chi connectivity index (χ2v) is 8.54. The predicted molar refractivity (Wildman–Crippen MR) is 138 cm³/mol. The van der Waals surface area contributed by atoms with Crippen LogP contribution < -0.4 is 9.47 Å². The minimum Gasteiger partial charge on any atom is -0.493 e. The number of hydrogen-bond acceptors (Lipinski definition) is 7. The van der Waals surface area contributed by atoms with E-state index in [4.69, 9.17) is 18.9 Å². The molecule has 2 heterocycles. The van der Waals surface area contributed by atoms with Gasteiger partial charge in [0.05, 0.1) is 38.3 Å². The molecule has 0 radical (unpaired) electrons. The number of para-hydroxylation sites is 1. The number of morpholine rings is 1. The number of aromatic nitrogens is 2. The molecular weight excluding hydrogens is 458 g/mol. The van der Waals surface area contributed by atoms with E-state index >= 15 is 0 Å². The molecule has 0 aliphatic carbocycles. The highest BCUT2D eigenvalue weighted by Gasteiger charge is 2.22. The van der Waals surface area contributed by atoms with Crippen LogP contribution in [0.2, 0.25) is 0 Å². The highest BCUT2D eigenvalue weighted by molar-refractivity contribution is 5.92. The normalized spacial score (nSPS) is 13.9. The van der Waals surface area contributed by atoms with Gasteiger partial charge in [0, 0.05) is 25.2 Å². The molecule has 0 saturated carbocycles. The smallest absolute Gasteiger partial charge is 0.345 e. The summed E-state index contributed by atoms with van der Waals surface area (Å²) in [5.41, 5.74) is 3.19. The Balaban J connectivity index is 1.54. The number of hydrogen-bond donors (Lipinski definition) is 0. The second-order valence-electron chi connectivity index (χ2n) is 8.54. The first-order valence-electron chi connectivity index (χ1n) is 12.7. The summed E-state index contributed by atoms with van der Waals surface area (Å²) in [6.45, 7) is 9.28. The SMILES string of the molecule is CCCCOc1ccccc1-c1ccc(-n2ncc(C(=O)OCC)c2OCCN2CCOCC2)cc1. The number of carbonyl (C=O) groups is 1. The summed E-state index contributed by atoms with van der Waals surface area (Å²) in [6.07, 6.45) is 3.61. The summed E-state index contributed by atoms with van der Waals surface area (Å²) in [5, 5.41) is 4.46. The fourth-order valence-corrected chi connectivity index (χ4v) is 4.04. The topological polar surface area (TPSA) is 75.1 Å². The van der Waals surface area contributed by atoms with Crippen molar-refractivity contribution in [3.63, 3.8) is 0 Å². The minimum absolute atomic E-state index is 0.283. The van der Waals surface area contributed by atoms with Gasteiger partial charge in [-0.15, -0.1) is 0 Å². The van der Waals surface area contributed by atoms with Crippen molar-refractivity contribution in [3.05, 3.63) is 60.3 Å². The Morgan fingerprint density at radius 2 is 1.78 bits per heavy atom. The lowest BCUT2D eigenvalue weighted by Crippen LogP contribution is -2.38. The predicted octanol–water partition coefficient (Wildman–Crippen LogP) is 4.61. The first-order valence-corrected chi connectivity index (χ1v) is 12.7. The van der Waals surface area contributed by atoms with Crippen molar-refractivity contribution in [3.8, 4) is 28.4 Å². The van der Waals surface area contributed by atoms with Gasteiger partial charge in [-0.3, -0.25) is 4.90 Å². The molecule has 192 valence electrons. The summed E-state index contributed by atoms with van der Waals surface area (Å²) < 4.78 is 24.4. The Hall–Kier alpha value is -3.36. The molecule has 1 fully saturated rings. The Labute approximate surface area is 212 Å². The highest BCUT2D eigenvalue weighted by atomic mass is 16.5. The number of esters is 1. The standard InChI is InChI=1S/C28H35N3O5/c1-3-5-17-35-26-9-7-6-8-24(26)22-10-12-23(13-11-22)31-27(25(21-29-31)28(32)34-4-2)36-20-16-30-14-18-33-19-15-30/h6-13,21H,3-5,14-20H2,1-2H3. The van der Waals surface area contributed by atoms with Crippen LogP contribution in [-0.2, 0) is 9.47 Å². The summed E-state index contributed by atoms with van der Waals surface area (Å²) >= 11 is 0. The fraction of sp³-hybridized carbons (Fsp3) is 0.429. The highest BCUT2D eigenvalue weighted by Crippen LogP contribution is 2.31. The first-order chi connectivity index (χ1) is 17.7. The summed E-state index contributed by atoms with van der Waals surface area (Å²) in [4.78, 5) is 14.8. The van der Waals surface area contributed by atoms with Crippen LogP contribution in [0.4, 0.5) is 0 Å². The third-order valence-corrected chi connectivity index (χ3v) is 6.04. The zero-order valence-corrected chi connectivity index (χ0v) is 21.2. The zero-order valence-electron chi connectivity index (χ0n) is 21.2. The number of rotatable bonds is 12. The fourth-order valence-electron chi connectivity index (χ4n) is 4.04. The van der Waals surface area contributed by atoms with Crippen LogP contribution in [0.3, 0.4) is 0 Å². The lowest BCUT2D eigenvalue weighted by molar-refractivity contribution is 0.0316. The van der Waals surface area contributed by atoms with E-state index in [1.54, 1.807) is 11.6 Å². The molecule has 0 atom stereocenters. The van der Waals surface area contributed by atoms with Gasteiger partial charge in [-0.25, -0.2) is 9.48 Å². The molecule has 36 heavy (non-hydrogen) atoms. The maximum Gasteiger partial charge on any atom is 0.345 e. The van der Waals surface area contributed by atoms with Crippen molar-refractivity contribution < 1.29 is 23.7 Å². The Kier molecular flexibility index (Phi) is 9.35. The van der Waals surface area contributed by atoms with Gasteiger partial charge in [-0.05, 0) is 37.1 Å². The van der Waals surface area contributed by atoms with Gasteiger partial charge in [0.1, 0.15) is 17.9 Å². The van der Waals surface area contributed by atoms with Crippen LogP contribution in [0.15, 0.2) is 54.7 Å². The van der Waals surface area contributed by atoms with Crippen molar-refractivity contribution in [1.82, 2.24) is 14.7 Å². The second kappa shape index (κ2) is 13.1. The van der Waals surface area contributed by atoms with E-state index in [1.807, 2.05) is 42.5 Å². The largest absolute Gasteiger partial charge is 0.493 e. The van der Waals surface area contributed by atoms with Crippen LogP contribution >= 0.6 is 0 Å². The number of benzene rings is 2. The monoisotopic (exact) mass is 493 g/mol. The summed E-state index contributed by atoms with van der Waals surface area (Å²) in [7, 11) is 0. The molecule has 1 saturated heterocycles. The molecular formula is C28H35N3O5. The van der Waals surface area contributed by atoms with Crippen LogP contribution in [0.1, 0.15) is 37.0 Å². The average molecular weight is 494 g/mol. The van der Waals surface area contributed by atoms with Crippen molar-refractivity contribution in [2.45, 2.75) is 26.7 Å². The van der Waals surface area contributed by atoms with Crippen molar-refractivity contribution in [1.29, 1.82) is 0 Å². The van der Waals surface area contributed by atoms with Gasteiger partial charge < -0.3 is 18.9 Å². The van der Waals surface area contributed by atoms with E-state index in [0.717, 1.165) is 68.3 Å². The molecule has 8 heteroatoms. The van der Waals surface area contributed by atoms with Gasteiger partial charge in [0.25, 0.3) is 0 Å². The van der Waals surface area contributed by atoms with E-state index in [-0.39, 0.29) is 6.61 Å². The van der Waals surface area contributed by atoms with E-state index in [9.17, 15) is 4.79 Å². The number of unbranched alkanes of at least 4 members (excludes halogenated alkanes) is 1. The third kappa shape index (κ3) is 6.44. The maximum absolute atomic E-state index is 12.6. The van der Waals surface area contributed by atoms with Crippen molar-refractivity contribution in [2.24, 2.45) is 0 Å².